The van der Waals surface area contributed by atoms with E-state index in [0.717, 1.165) is 30.2 Å². The summed E-state index contributed by atoms with van der Waals surface area (Å²) in [7, 11) is -3.99. The summed E-state index contributed by atoms with van der Waals surface area (Å²) in [5.41, 5.74) is -1.94. The highest BCUT2D eigenvalue weighted by molar-refractivity contribution is 7.86. The SMILES string of the molecule is CC1=C2CC(=O)[C@]3(C)CCC[C@@H](C)[C@H]3C(O)(O)[C@](OS(C)(=O)=O)(CC1)C2(C)C. The molecule has 0 aromatic heterocycles. The van der Waals surface area contributed by atoms with E-state index in [4.69, 9.17) is 4.18 Å². The summed E-state index contributed by atoms with van der Waals surface area (Å²) in [6, 6.07) is 0. The molecule has 4 atom stereocenters. The minimum absolute atomic E-state index is 0.00815. The van der Waals surface area contributed by atoms with E-state index in [2.05, 4.69) is 0 Å². The van der Waals surface area contributed by atoms with Crippen molar-refractivity contribution in [1.82, 2.24) is 0 Å². The minimum atomic E-state index is -3.99. The van der Waals surface area contributed by atoms with E-state index in [-0.39, 0.29) is 24.5 Å². The van der Waals surface area contributed by atoms with E-state index < -0.39 is 38.3 Å². The molecule has 0 radical (unpaired) electrons. The van der Waals surface area contributed by atoms with Gasteiger partial charge in [0, 0.05) is 23.2 Å². The first-order valence-electron chi connectivity index (χ1n) is 10.2. The van der Waals surface area contributed by atoms with Gasteiger partial charge >= 0.3 is 0 Å². The molecule has 160 valence electrons. The van der Waals surface area contributed by atoms with Crippen LogP contribution in [0, 0.1) is 22.7 Å². The largest absolute Gasteiger partial charge is 0.363 e. The lowest BCUT2D eigenvalue weighted by Gasteiger charge is -2.63. The number of allylic oxidation sites excluding steroid dienone is 1. The molecule has 2 saturated carbocycles. The average Bonchev–Trinajstić information content (AvgIpc) is 2.51. The van der Waals surface area contributed by atoms with Gasteiger partial charge in [-0.25, -0.2) is 0 Å². The first kappa shape index (κ1) is 21.9. The first-order chi connectivity index (χ1) is 12.6. The van der Waals surface area contributed by atoms with Crippen LogP contribution >= 0.6 is 0 Å². The molecular weight excluding hydrogens is 380 g/mol. The third-order valence-electron chi connectivity index (χ3n) is 8.04. The standard InChI is InChI=1S/C21H34O6S/c1-13-9-11-20(27-28(6,25)26)18(3,4)15(13)12-16(22)19(5)10-7-8-14(2)17(19)21(20,23)24/h14,17,23-24H,7-12H2,1-6H3/t14-,17-,19+,20+/m1/s1. The van der Waals surface area contributed by atoms with Crippen LogP contribution in [0.25, 0.3) is 0 Å². The molecule has 0 saturated heterocycles. The average molecular weight is 415 g/mol. The van der Waals surface area contributed by atoms with Gasteiger partial charge in [-0.2, -0.15) is 8.42 Å². The molecule has 0 aliphatic heterocycles. The van der Waals surface area contributed by atoms with Crippen LogP contribution in [0.1, 0.15) is 73.1 Å². The summed E-state index contributed by atoms with van der Waals surface area (Å²) >= 11 is 0. The Bertz CT molecular complexity index is 824. The second-order valence-electron chi connectivity index (χ2n) is 10.1. The van der Waals surface area contributed by atoms with Crippen LogP contribution in [0.15, 0.2) is 11.1 Å². The Hall–Kier alpha value is -0.760. The molecule has 0 heterocycles. The number of Topliss-reactive ketones (excluding diaryl/α,β-unsaturated/α-hetero) is 1. The van der Waals surface area contributed by atoms with Crippen molar-refractivity contribution in [2.75, 3.05) is 6.26 Å². The Morgan fingerprint density at radius 1 is 1.14 bits per heavy atom. The van der Waals surface area contributed by atoms with Gasteiger partial charge < -0.3 is 10.2 Å². The zero-order chi connectivity index (χ0) is 21.3. The van der Waals surface area contributed by atoms with Crippen molar-refractivity contribution in [3.05, 3.63) is 11.1 Å². The van der Waals surface area contributed by atoms with Crippen molar-refractivity contribution in [3.63, 3.8) is 0 Å². The van der Waals surface area contributed by atoms with Gasteiger partial charge in [0.2, 0.25) is 0 Å². The first-order valence-corrected chi connectivity index (χ1v) is 12.0. The summed E-state index contributed by atoms with van der Waals surface area (Å²) in [6.45, 7) is 9.23. The molecule has 3 rings (SSSR count). The Labute approximate surface area is 168 Å². The molecule has 6 nitrogen and oxygen atoms in total. The molecule has 2 bridgehead atoms. The highest BCUT2D eigenvalue weighted by Crippen LogP contribution is 2.64. The maximum Gasteiger partial charge on any atom is 0.265 e. The number of carbonyl (C=O) groups is 1. The highest BCUT2D eigenvalue weighted by atomic mass is 32.2. The topological polar surface area (TPSA) is 101 Å². The molecule has 0 spiro atoms. The number of carbonyl (C=O) groups excluding carboxylic acids is 1. The molecule has 2 fully saturated rings. The van der Waals surface area contributed by atoms with E-state index >= 15 is 0 Å². The molecule has 0 amide bonds. The Balaban J connectivity index is 2.37. The van der Waals surface area contributed by atoms with Crippen LogP contribution in [0.4, 0.5) is 0 Å². The third kappa shape index (κ3) is 2.84. The van der Waals surface area contributed by atoms with Gasteiger partial charge in [0.15, 0.2) is 11.4 Å². The molecule has 3 aliphatic rings. The third-order valence-corrected chi connectivity index (χ3v) is 8.63. The Morgan fingerprint density at radius 3 is 2.32 bits per heavy atom. The smallest absolute Gasteiger partial charge is 0.265 e. The van der Waals surface area contributed by atoms with Crippen molar-refractivity contribution in [2.24, 2.45) is 22.7 Å². The maximum absolute atomic E-state index is 13.5. The number of hydrogen-bond donors (Lipinski definition) is 2. The fourth-order valence-corrected chi connectivity index (χ4v) is 7.53. The fourth-order valence-electron chi connectivity index (χ4n) is 6.59. The summed E-state index contributed by atoms with van der Waals surface area (Å²) in [5, 5.41) is 23.5. The summed E-state index contributed by atoms with van der Waals surface area (Å²) in [6.07, 6.45) is 3.93. The van der Waals surface area contributed by atoms with Gasteiger partial charge in [-0.15, -0.1) is 0 Å². The van der Waals surface area contributed by atoms with Crippen LogP contribution < -0.4 is 0 Å². The van der Waals surface area contributed by atoms with E-state index in [1.54, 1.807) is 13.8 Å². The van der Waals surface area contributed by atoms with E-state index in [1.807, 2.05) is 20.8 Å². The predicted molar refractivity (Wildman–Crippen MR) is 106 cm³/mol. The van der Waals surface area contributed by atoms with Gasteiger partial charge in [-0.3, -0.25) is 8.98 Å². The molecule has 7 heteroatoms. The van der Waals surface area contributed by atoms with Crippen molar-refractivity contribution < 1.29 is 27.6 Å². The Morgan fingerprint density at radius 2 is 1.75 bits per heavy atom. The number of fused-ring (bicyclic) bond motifs is 3. The van der Waals surface area contributed by atoms with E-state index in [0.29, 0.717) is 12.8 Å². The molecule has 28 heavy (non-hydrogen) atoms. The van der Waals surface area contributed by atoms with Crippen LogP contribution in [0.5, 0.6) is 0 Å². The van der Waals surface area contributed by atoms with Gasteiger partial charge in [0.25, 0.3) is 10.1 Å². The second kappa shape index (κ2) is 6.37. The zero-order valence-corrected chi connectivity index (χ0v) is 18.6. The number of hydrogen-bond acceptors (Lipinski definition) is 6. The molecule has 0 unspecified atom stereocenters. The van der Waals surface area contributed by atoms with Crippen molar-refractivity contribution in [1.29, 1.82) is 0 Å². The van der Waals surface area contributed by atoms with Gasteiger partial charge in [-0.05, 0) is 32.1 Å². The zero-order valence-electron chi connectivity index (χ0n) is 17.8. The Kier molecular flexibility index (Phi) is 4.99. The minimum Gasteiger partial charge on any atom is -0.363 e. The fraction of sp³-hybridized carbons (Fsp3) is 0.857. The van der Waals surface area contributed by atoms with E-state index in [1.165, 1.54) is 0 Å². The van der Waals surface area contributed by atoms with Crippen LogP contribution in [0.2, 0.25) is 0 Å². The van der Waals surface area contributed by atoms with Crippen molar-refractivity contribution >= 4 is 15.9 Å². The van der Waals surface area contributed by atoms with Crippen molar-refractivity contribution in [2.45, 2.75) is 84.5 Å². The molecular formula is C21H34O6S. The monoisotopic (exact) mass is 414 g/mol. The van der Waals surface area contributed by atoms with Gasteiger partial charge in [-0.1, -0.05) is 51.7 Å². The molecule has 3 aliphatic carbocycles. The van der Waals surface area contributed by atoms with Crippen LogP contribution in [0.3, 0.4) is 0 Å². The lowest BCUT2D eigenvalue weighted by atomic mass is 9.47. The normalized spacial score (nSPS) is 40.5. The lowest BCUT2D eigenvalue weighted by molar-refractivity contribution is -0.345. The summed E-state index contributed by atoms with van der Waals surface area (Å²) in [5.74, 6) is -3.42. The molecule has 0 aromatic rings. The quantitative estimate of drug-likeness (QED) is 0.409. The van der Waals surface area contributed by atoms with Gasteiger partial charge in [0.05, 0.1) is 6.26 Å². The number of rotatable bonds is 2. The second-order valence-corrected chi connectivity index (χ2v) is 11.7. The van der Waals surface area contributed by atoms with Gasteiger partial charge in [0.1, 0.15) is 5.78 Å². The van der Waals surface area contributed by atoms with Crippen LogP contribution in [-0.2, 0) is 19.1 Å². The lowest BCUT2D eigenvalue weighted by Crippen LogP contribution is -2.73. The number of ketones is 1. The predicted octanol–water partition coefficient (Wildman–Crippen LogP) is 2.93. The number of aliphatic hydroxyl groups is 2. The van der Waals surface area contributed by atoms with Crippen molar-refractivity contribution in [3.8, 4) is 0 Å². The molecule has 2 N–H and O–H groups in total. The maximum atomic E-state index is 13.5. The summed E-state index contributed by atoms with van der Waals surface area (Å²) in [4.78, 5) is 13.5. The summed E-state index contributed by atoms with van der Waals surface area (Å²) < 4.78 is 30.3. The highest BCUT2D eigenvalue weighted by Gasteiger charge is 2.72. The van der Waals surface area contributed by atoms with Crippen LogP contribution in [-0.4, -0.2) is 42.1 Å². The molecule has 0 aromatic carbocycles. The van der Waals surface area contributed by atoms with E-state index in [9.17, 15) is 23.4 Å².